The maximum absolute atomic E-state index is 13.6. The largest absolute Gasteiger partial charge is 0.430 e. The highest BCUT2D eigenvalue weighted by molar-refractivity contribution is 6.30. The van der Waals surface area contributed by atoms with Crippen molar-refractivity contribution in [3.05, 3.63) is 45.5 Å². The molecule has 0 saturated heterocycles. The van der Waals surface area contributed by atoms with Crippen LogP contribution in [0.25, 0.3) is 0 Å². The molecule has 0 aliphatic carbocycles. The van der Waals surface area contributed by atoms with Crippen molar-refractivity contribution < 1.29 is 14.1 Å². The number of nitrogens with zero attached hydrogens (tertiary/aromatic N) is 3. The van der Waals surface area contributed by atoms with Gasteiger partial charge in [-0.2, -0.15) is 4.98 Å². The van der Waals surface area contributed by atoms with Gasteiger partial charge in [-0.3, -0.25) is 10.1 Å². The summed E-state index contributed by atoms with van der Waals surface area (Å²) in [6.45, 7) is 0. The van der Waals surface area contributed by atoms with Crippen molar-refractivity contribution in [2.45, 2.75) is 0 Å². The minimum Gasteiger partial charge on any atom is -0.430 e. The molecule has 7 nitrogen and oxygen atoms in total. The Balaban J connectivity index is 2.47. The summed E-state index contributed by atoms with van der Waals surface area (Å²) in [5.41, 5.74) is 4.71. The average Bonchev–Trinajstić information content (AvgIpc) is 2.34. The molecule has 0 bridgehead atoms. The van der Waals surface area contributed by atoms with Crippen LogP contribution in [-0.4, -0.2) is 14.9 Å². The van der Waals surface area contributed by atoms with Crippen molar-refractivity contribution in [1.82, 2.24) is 9.97 Å². The van der Waals surface area contributed by atoms with E-state index in [0.717, 1.165) is 6.33 Å². The highest BCUT2D eigenvalue weighted by Gasteiger charge is 2.24. The molecule has 1 heterocycles. The molecule has 0 aliphatic heterocycles. The second kappa shape index (κ2) is 5.02. The lowest BCUT2D eigenvalue weighted by molar-refractivity contribution is -0.385. The zero-order chi connectivity index (χ0) is 14.0. The van der Waals surface area contributed by atoms with Gasteiger partial charge in [0.15, 0.2) is 11.6 Å². The molecule has 9 heteroatoms. The molecule has 0 fully saturated rings. The third kappa shape index (κ3) is 2.52. The summed E-state index contributed by atoms with van der Waals surface area (Å²) in [5.74, 6) is -1.99. The summed E-state index contributed by atoms with van der Waals surface area (Å²) in [5, 5.41) is 10.7. The van der Waals surface area contributed by atoms with Gasteiger partial charge in [0.25, 0.3) is 0 Å². The first-order valence-electron chi connectivity index (χ1n) is 4.87. The Bertz CT molecular complexity index is 653. The number of ether oxygens (including phenoxy) is 1. The number of nitrogens with two attached hydrogens (primary N) is 1. The van der Waals surface area contributed by atoms with Gasteiger partial charge in [0, 0.05) is 0 Å². The number of aromatic nitrogens is 2. The molecule has 2 N–H and O–H groups in total. The predicted octanol–water partition coefficient (Wildman–Crippen LogP) is 2.55. The zero-order valence-electron chi connectivity index (χ0n) is 9.21. The SMILES string of the molecule is Nc1ncnc(Oc2cccc(Cl)c2F)c1[N+](=O)[O-]. The molecule has 0 saturated carbocycles. The molecule has 0 radical (unpaired) electrons. The zero-order valence-corrected chi connectivity index (χ0v) is 9.96. The lowest BCUT2D eigenvalue weighted by Crippen LogP contribution is -2.03. The number of nitrogen functional groups attached to an aromatic ring is 1. The van der Waals surface area contributed by atoms with Crippen LogP contribution < -0.4 is 10.5 Å². The normalized spacial score (nSPS) is 10.2. The van der Waals surface area contributed by atoms with E-state index < -0.39 is 22.3 Å². The molecule has 0 spiro atoms. The van der Waals surface area contributed by atoms with Crippen LogP contribution in [0.5, 0.6) is 11.6 Å². The number of halogens is 2. The summed E-state index contributed by atoms with van der Waals surface area (Å²) < 4.78 is 18.7. The Labute approximate surface area is 111 Å². The predicted molar refractivity (Wildman–Crippen MR) is 64.6 cm³/mol. The van der Waals surface area contributed by atoms with Crippen LogP contribution in [0.3, 0.4) is 0 Å². The first-order chi connectivity index (χ1) is 9.00. The van der Waals surface area contributed by atoms with Gasteiger partial charge in [-0.05, 0) is 12.1 Å². The molecular weight excluding hydrogens is 279 g/mol. The number of hydrogen-bond donors (Lipinski definition) is 1. The van der Waals surface area contributed by atoms with Gasteiger partial charge in [0.05, 0.1) is 9.95 Å². The van der Waals surface area contributed by atoms with Gasteiger partial charge in [0.1, 0.15) is 6.33 Å². The number of anilines is 1. The fraction of sp³-hybridized carbons (Fsp3) is 0. The number of hydrogen-bond acceptors (Lipinski definition) is 6. The van der Waals surface area contributed by atoms with Gasteiger partial charge < -0.3 is 10.5 Å². The maximum Gasteiger partial charge on any atom is 0.372 e. The summed E-state index contributed by atoms with van der Waals surface area (Å²) in [6, 6.07) is 3.99. The summed E-state index contributed by atoms with van der Waals surface area (Å²) in [7, 11) is 0. The van der Waals surface area contributed by atoms with Gasteiger partial charge >= 0.3 is 11.6 Å². The monoisotopic (exact) mass is 284 g/mol. The standard InChI is InChI=1S/C10H6ClFN4O3/c11-5-2-1-3-6(7(5)12)19-10-8(16(17)18)9(13)14-4-15-10/h1-4H,(H2,13,14,15). The molecular formula is C10H6ClFN4O3. The maximum atomic E-state index is 13.6. The van der Waals surface area contributed by atoms with E-state index in [9.17, 15) is 14.5 Å². The van der Waals surface area contributed by atoms with Crippen LogP contribution in [0.15, 0.2) is 24.5 Å². The Kier molecular flexibility index (Phi) is 3.43. The molecule has 2 aromatic rings. The van der Waals surface area contributed by atoms with Crippen molar-refractivity contribution in [3.8, 4) is 11.6 Å². The van der Waals surface area contributed by atoms with E-state index in [1.54, 1.807) is 0 Å². The van der Waals surface area contributed by atoms with Gasteiger partial charge in [-0.25, -0.2) is 9.37 Å². The van der Waals surface area contributed by atoms with Crippen molar-refractivity contribution in [2.75, 3.05) is 5.73 Å². The van der Waals surface area contributed by atoms with E-state index in [1.807, 2.05) is 0 Å². The first-order valence-corrected chi connectivity index (χ1v) is 5.25. The molecule has 0 atom stereocenters. The molecule has 0 aliphatic rings. The topological polar surface area (TPSA) is 104 Å². The summed E-state index contributed by atoms with van der Waals surface area (Å²) >= 11 is 5.57. The fourth-order valence-electron chi connectivity index (χ4n) is 1.29. The van der Waals surface area contributed by atoms with Crippen LogP contribution in [0.1, 0.15) is 0 Å². The third-order valence-corrected chi connectivity index (χ3v) is 2.41. The summed E-state index contributed by atoms with van der Waals surface area (Å²) in [6.07, 6.45) is 0.972. The molecule has 2 rings (SSSR count). The van der Waals surface area contributed by atoms with Crippen LogP contribution in [0, 0.1) is 15.9 Å². The fourth-order valence-corrected chi connectivity index (χ4v) is 1.45. The smallest absolute Gasteiger partial charge is 0.372 e. The van der Waals surface area contributed by atoms with Gasteiger partial charge in [0.2, 0.25) is 5.82 Å². The molecule has 0 amide bonds. The summed E-state index contributed by atoms with van der Waals surface area (Å²) in [4.78, 5) is 17.0. The molecule has 1 aromatic heterocycles. The van der Waals surface area contributed by atoms with Crippen molar-refractivity contribution in [3.63, 3.8) is 0 Å². The first kappa shape index (κ1) is 13.0. The number of nitro groups is 1. The lowest BCUT2D eigenvalue weighted by atomic mass is 10.3. The van der Waals surface area contributed by atoms with Crippen molar-refractivity contribution in [2.24, 2.45) is 0 Å². The minimum absolute atomic E-state index is 0.179. The van der Waals surface area contributed by atoms with Crippen LogP contribution in [0.4, 0.5) is 15.9 Å². The minimum atomic E-state index is -0.851. The molecule has 19 heavy (non-hydrogen) atoms. The van der Waals surface area contributed by atoms with Gasteiger partial charge in [-0.1, -0.05) is 17.7 Å². The van der Waals surface area contributed by atoms with Gasteiger partial charge in [-0.15, -0.1) is 0 Å². The molecule has 98 valence electrons. The highest BCUT2D eigenvalue weighted by Crippen LogP contribution is 2.34. The quantitative estimate of drug-likeness (QED) is 0.686. The Morgan fingerprint density at radius 1 is 1.42 bits per heavy atom. The van der Waals surface area contributed by atoms with Crippen molar-refractivity contribution >= 4 is 23.1 Å². The second-order valence-electron chi connectivity index (χ2n) is 3.32. The Hall–Kier alpha value is -2.48. The molecule has 1 aromatic carbocycles. The lowest BCUT2D eigenvalue weighted by Gasteiger charge is -2.07. The van der Waals surface area contributed by atoms with E-state index in [-0.39, 0.29) is 16.6 Å². The van der Waals surface area contributed by atoms with Crippen LogP contribution in [-0.2, 0) is 0 Å². The van der Waals surface area contributed by atoms with E-state index >= 15 is 0 Å². The van der Waals surface area contributed by atoms with E-state index in [2.05, 4.69) is 9.97 Å². The van der Waals surface area contributed by atoms with E-state index in [4.69, 9.17) is 22.1 Å². The Morgan fingerprint density at radius 3 is 2.84 bits per heavy atom. The number of rotatable bonds is 3. The average molecular weight is 285 g/mol. The third-order valence-electron chi connectivity index (χ3n) is 2.12. The van der Waals surface area contributed by atoms with Crippen LogP contribution in [0.2, 0.25) is 5.02 Å². The van der Waals surface area contributed by atoms with Crippen LogP contribution >= 0.6 is 11.6 Å². The van der Waals surface area contributed by atoms with E-state index in [1.165, 1.54) is 18.2 Å². The Morgan fingerprint density at radius 2 is 2.16 bits per heavy atom. The number of benzene rings is 1. The van der Waals surface area contributed by atoms with E-state index in [0.29, 0.717) is 0 Å². The second-order valence-corrected chi connectivity index (χ2v) is 3.73. The highest BCUT2D eigenvalue weighted by atomic mass is 35.5. The molecule has 0 unspecified atom stereocenters. The van der Waals surface area contributed by atoms with Crippen molar-refractivity contribution in [1.29, 1.82) is 0 Å².